The number of benzene rings is 2. The van der Waals surface area contributed by atoms with Crippen LogP contribution in [-0.2, 0) is 6.54 Å². The standard InChI is InChI=1S/C18H19N3OS/c1-12(17(19)23)11-21-15-9-5-4-8-14(15)20-18(21)13-7-3-6-10-16(13)22-2/h3-10,12H,11H2,1-2H3,(H2,19,23). The van der Waals surface area contributed by atoms with Crippen LogP contribution in [0.2, 0.25) is 0 Å². The largest absolute Gasteiger partial charge is 0.496 e. The zero-order valence-electron chi connectivity index (χ0n) is 13.2. The number of methoxy groups -OCH3 is 1. The van der Waals surface area contributed by atoms with Crippen molar-refractivity contribution >= 4 is 28.2 Å². The quantitative estimate of drug-likeness (QED) is 0.728. The van der Waals surface area contributed by atoms with E-state index in [0.717, 1.165) is 28.2 Å². The molecule has 23 heavy (non-hydrogen) atoms. The number of ether oxygens (including phenoxy) is 1. The second-order valence-electron chi connectivity index (χ2n) is 5.54. The van der Waals surface area contributed by atoms with E-state index in [9.17, 15) is 0 Å². The minimum absolute atomic E-state index is 0.0797. The molecule has 1 unspecified atom stereocenters. The van der Waals surface area contributed by atoms with E-state index in [-0.39, 0.29) is 5.92 Å². The molecule has 3 aromatic rings. The van der Waals surface area contributed by atoms with Crippen LogP contribution in [0.15, 0.2) is 48.5 Å². The number of fused-ring (bicyclic) bond motifs is 1. The second-order valence-corrected chi connectivity index (χ2v) is 6.01. The lowest BCUT2D eigenvalue weighted by atomic mass is 10.1. The van der Waals surface area contributed by atoms with E-state index in [1.165, 1.54) is 0 Å². The van der Waals surface area contributed by atoms with Gasteiger partial charge in [0.05, 0.1) is 28.7 Å². The molecule has 0 fully saturated rings. The Morgan fingerprint density at radius 2 is 1.91 bits per heavy atom. The second kappa shape index (κ2) is 6.38. The first-order chi connectivity index (χ1) is 11.1. The van der Waals surface area contributed by atoms with Gasteiger partial charge in [0.2, 0.25) is 0 Å². The van der Waals surface area contributed by atoms with Crippen LogP contribution in [0.5, 0.6) is 5.75 Å². The summed E-state index contributed by atoms with van der Waals surface area (Å²) >= 11 is 5.14. The van der Waals surface area contributed by atoms with Crippen LogP contribution in [0.1, 0.15) is 6.92 Å². The average Bonchev–Trinajstić information content (AvgIpc) is 2.93. The summed E-state index contributed by atoms with van der Waals surface area (Å²) in [5, 5.41) is 0. The van der Waals surface area contributed by atoms with E-state index in [2.05, 4.69) is 10.6 Å². The van der Waals surface area contributed by atoms with Crippen LogP contribution < -0.4 is 10.5 Å². The van der Waals surface area contributed by atoms with E-state index in [4.69, 9.17) is 27.7 Å². The van der Waals surface area contributed by atoms with Crippen molar-refractivity contribution in [2.45, 2.75) is 13.5 Å². The van der Waals surface area contributed by atoms with E-state index >= 15 is 0 Å². The number of aromatic nitrogens is 2. The maximum absolute atomic E-state index is 5.81. The maximum Gasteiger partial charge on any atom is 0.144 e. The molecule has 2 aromatic carbocycles. The van der Waals surface area contributed by atoms with Crippen LogP contribution >= 0.6 is 12.2 Å². The van der Waals surface area contributed by atoms with Crippen LogP contribution in [0, 0.1) is 5.92 Å². The van der Waals surface area contributed by atoms with E-state index < -0.39 is 0 Å². The Hall–Kier alpha value is -2.40. The van der Waals surface area contributed by atoms with Gasteiger partial charge >= 0.3 is 0 Å². The highest BCUT2D eigenvalue weighted by Crippen LogP contribution is 2.32. The molecule has 118 valence electrons. The first kappa shape index (κ1) is 15.5. The number of hydrogen-bond acceptors (Lipinski definition) is 3. The van der Waals surface area contributed by atoms with Crippen molar-refractivity contribution in [3.63, 3.8) is 0 Å². The van der Waals surface area contributed by atoms with Crippen LogP contribution in [0.25, 0.3) is 22.4 Å². The van der Waals surface area contributed by atoms with Gasteiger partial charge in [-0.1, -0.05) is 43.4 Å². The highest BCUT2D eigenvalue weighted by atomic mass is 32.1. The Kier molecular flexibility index (Phi) is 4.30. The van der Waals surface area contributed by atoms with E-state index in [1.807, 2.05) is 49.4 Å². The number of rotatable bonds is 5. The van der Waals surface area contributed by atoms with Gasteiger partial charge in [-0.2, -0.15) is 0 Å². The first-order valence-corrected chi connectivity index (χ1v) is 7.90. The highest BCUT2D eigenvalue weighted by molar-refractivity contribution is 7.80. The molecule has 1 atom stereocenters. The summed E-state index contributed by atoms with van der Waals surface area (Å²) in [4.78, 5) is 5.31. The van der Waals surface area contributed by atoms with Crippen LogP contribution in [0.3, 0.4) is 0 Å². The molecule has 0 spiro atoms. The van der Waals surface area contributed by atoms with Gasteiger partial charge in [0.15, 0.2) is 0 Å². The Bertz CT molecular complexity index is 856. The molecule has 0 aliphatic carbocycles. The number of imidazole rings is 1. The fourth-order valence-corrected chi connectivity index (χ4v) is 2.73. The topological polar surface area (TPSA) is 53.1 Å². The first-order valence-electron chi connectivity index (χ1n) is 7.49. The van der Waals surface area contributed by atoms with Crippen molar-refractivity contribution in [1.82, 2.24) is 9.55 Å². The maximum atomic E-state index is 5.81. The Labute approximate surface area is 140 Å². The minimum Gasteiger partial charge on any atom is -0.496 e. The summed E-state index contributed by atoms with van der Waals surface area (Å²) < 4.78 is 7.66. The van der Waals surface area contributed by atoms with Gasteiger partial charge in [-0.25, -0.2) is 4.98 Å². The van der Waals surface area contributed by atoms with Gasteiger partial charge in [-0.05, 0) is 24.3 Å². The Morgan fingerprint density at radius 1 is 1.22 bits per heavy atom. The Morgan fingerprint density at radius 3 is 2.65 bits per heavy atom. The van der Waals surface area contributed by atoms with Gasteiger partial charge in [0.25, 0.3) is 0 Å². The van der Waals surface area contributed by atoms with E-state index in [0.29, 0.717) is 11.5 Å². The van der Waals surface area contributed by atoms with Crippen LogP contribution in [-0.4, -0.2) is 21.6 Å². The number of thiocarbonyl (C=S) groups is 1. The molecule has 4 nitrogen and oxygen atoms in total. The fourth-order valence-electron chi connectivity index (χ4n) is 2.66. The summed E-state index contributed by atoms with van der Waals surface area (Å²) in [7, 11) is 1.67. The van der Waals surface area contributed by atoms with Gasteiger partial charge in [0.1, 0.15) is 11.6 Å². The SMILES string of the molecule is COc1ccccc1-c1nc2ccccc2n1CC(C)C(N)=S. The van der Waals surface area contributed by atoms with Gasteiger partial charge in [-0.15, -0.1) is 0 Å². The summed E-state index contributed by atoms with van der Waals surface area (Å²) in [6.45, 7) is 2.71. The third kappa shape index (κ3) is 2.92. The lowest BCUT2D eigenvalue weighted by Gasteiger charge is -2.15. The highest BCUT2D eigenvalue weighted by Gasteiger charge is 2.18. The van der Waals surface area contributed by atoms with Gasteiger partial charge in [0, 0.05) is 12.5 Å². The Balaban J connectivity index is 2.21. The third-order valence-corrected chi connectivity index (χ3v) is 4.35. The molecule has 1 aromatic heterocycles. The zero-order chi connectivity index (χ0) is 16.4. The zero-order valence-corrected chi connectivity index (χ0v) is 14.0. The molecule has 0 aliphatic heterocycles. The number of para-hydroxylation sites is 3. The minimum atomic E-state index is 0.0797. The van der Waals surface area contributed by atoms with Crippen molar-refractivity contribution in [3.05, 3.63) is 48.5 Å². The third-order valence-electron chi connectivity index (χ3n) is 3.94. The normalized spacial score (nSPS) is 12.3. The molecular weight excluding hydrogens is 306 g/mol. The number of nitrogens with zero attached hydrogens (tertiary/aromatic N) is 2. The lowest BCUT2D eigenvalue weighted by molar-refractivity contribution is 0.416. The number of hydrogen-bond donors (Lipinski definition) is 1. The number of nitrogens with two attached hydrogens (primary N) is 1. The molecule has 3 rings (SSSR count). The molecule has 0 saturated carbocycles. The molecule has 0 aliphatic rings. The molecule has 1 heterocycles. The molecule has 2 N–H and O–H groups in total. The molecule has 0 amide bonds. The molecule has 0 bridgehead atoms. The average molecular weight is 325 g/mol. The molecule has 5 heteroatoms. The lowest BCUT2D eigenvalue weighted by Crippen LogP contribution is -2.23. The molecule has 0 saturated heterocycles. The van der Waals surface area contributed by atoms with E-state index in [1.54, 1.807) is 7.11 Å². The summed E-state index contributed by atoms with van der Waals surface area (Å²) in [6, 6.07) is 16.0. The fraction of sp³-hybridized carbons (Fsp3) is 0.222. The van der Waals surface area contributed by atoms with Crippen molar-refractivity contribution < 1.29 is 4.74 Å². The van der Waals surface area contributed by atoms with Crippen molar-refractivity contribution in [2.24, 2.45) is 11.7 Å². The summed E-state index contributed by atoms with van der Waals surface area (Å²) in [5.74, 6) is 1.75. The molecular formula is C18H19N3OS. The van der Waals surface area contributed by atoms with Crippen molar-refractivity contribution in [3.8, 4) is 17.1 Å². The summed E-state index contributed by atoms with van der Waals surface area (Å²) in [6.07, 6.45) is 0. The smallest absolute Gasteiger partial charge is 0.144 e. The molecule has 0 radical (unpaired) electrons. The summed E-state index contributed by atoms with van der Waals surface area (Å²) in [5.41, 5.74) is 8.79. The predicted molar refractivity (Wildman–Crippen MR) is 97.7 cm³/mol. The van der Waals surface area contributed by atoms with Crippen molar-refractivity contribution in [1.29, 1.82) is 0 Å². The van der Waals surface area contributed by atoms with Crippen molar-refractivity contribution in [2.75, 3.05) is 7.11 Å². The predicted octanol–water partition coefficient (Wildman–Crippen LogP) is 3.63. The monoisotopic (exact) mass is 325 g/mol. The van der Waals surface area contributed by atoms with Crippen LogP contribution in [0.4, 0.5) is 0 Å². The van der Waals surface area contributed by atoms with Gasteiger partial charge < -0.3 is 15.0 Å². The van der Waals surface area contributed by atoms with Gasteiger partial charge in [-0.3, -0.25) is 0 Å².